The van der Waals surface area contributed by atoms with Crippen molar-refractivity contribution in [1.82, 2.24) is 5.43 Å². The molecule has 3 rings (SSSR count). The minimum Gasteiger partial charge on any atom is -0.488 e. The molecule has 0 aliphatic carbocycles. The van der Waals surface area contributed by atoms with E-state index in [1.54, 1.807) is 42.5 Å². The van der Waals surface area contributed by atoms with E-state index >= 15 is 0 Å². The summed E-state index contributed by atoms with van der Waals surface area (Å²) < 4.78 is 6.52. The summed E-state index contributed by atoms with van der Waals surface area (Å²) in [5.74, 6) is -0.318. The lowest BCUT2D eigenvalue weighted by Crippen LogP contribution is -2.24. The molecule has 3 aromatic carbocycles. The van der Waals surface area contributed by atoms with Crippen molar-refractivity contribution < 1.29 is 14.3 Å². The third-order valence-corrected chi connectivity index (χ3v) is 5.62. The number of hydrogen-bond donors (Lipinski definition) is 2. The number of nitrogens with zero attached hydrogens (tertiary/aromatic N) is 1. The Morgan fingerprint density at radius 1 is 1.03 bits per heavy atom. The van der Waals surface area contributed by atoms with E-state index in [9.17, 15) is 9.59 Å². The molecular weight excluding hydrogens is 529 g/mol. The standard InChI is InChI=1S/C24H20BrCl2N3O3/c1-15-2-7-19(8-3-15)29-23(31)12-24(32)30-28-13-16-4-9-22(20(25)10-16)33-14-17-5-6-18(26)11-21(17)27/h2-11,13H,12,14H2,1H3,(H,29,31)(H,30,32). The first kappa shape index (κ1) is 24.8. The first-order chi connectivity index (χ1) is 15.8. The lowest BCUT2D eigenvalue weighted by molar-refractivity contribution is -0.126. The second-order valence-corrected chi connectivity index (χ2v) is 8.80. The van der Waals surface area contributed by atoms with Gasteiger partial charge in [0.2, 0.25) is 11.8 Å². The van der Waals surface area contributed by atoms with E-state index in [-0.39, 0.29) is 13.0 Å². The van der Waals surface area contributed by atoms with Crippen LogP contribution >= 0.6 is 39.1 Å². The second-order valence-electron chi connectivity index (χ2n) is 7.10. The smallest absolute Gasteiger partial charge is 0.249 e. The molecule has 0 saturated heterocycles. The molecule has 2 N–H and O–H groups in total. The SMILES string of the molecule is Cc1ccc(NC(=O)CC(=O)NN=Cc2ccc(OCc3ccc(Cl)cc3Cl)c(Br)c2)cc1. The van der Waals surface area contributed by atoms with E-state index < -0.39 is 11.8 Å². The van der Waals surface area contributed by atoms with Gasteiger partial charge in [-0.25, -0.2) is 5.43 Å². The van der Waals surface area contributed by atoms with E-state index in [1.165, 1.54) is 6.21 Å². The lowest BCUT2D eigenvalue weighted by atomic mass is 10.2. The van der Waals surface area contributed by atoms with Gasteiger partial charge in [0.1, 0.15) is 18.8 Å². The molecule has 0 bridgehead atoms. The highest BCUT2D eigenvalue weighted by Gasteiger charge is 2.09. The predicted octanol–water partition coefficient (Wildman–Crippen LogP) is 6.12. The Bertz CT molecular complexity index is 1180. The number of hydrogen-bond acceptors (Lipinski definition) is 4. The van der Waals surface area contributed by atoms with Crippen molar-refractivity contribution in [3.8, 4) is 5.75 Å². The van der Waals surface area contributed by atoms with Gasteiger partial charge >= 0.3 is 0 Å². The zero-order valence-electron chi connectivity index (χ0n) is 17.6. The number of benzene rings is 3. The zero-order chi connectivity index (χ0) is 23.8. The van der Waals surface area contributed by atoms with Crippen LogP contribution in [0.25, 0.3) is 0 Å². The molecule has 0 unspecified atom stereocenters. The third kappa shape index (κ3) is 7.89. The maximum absolute atomic E-state index is 12.0. The van der Waals surface area contributed by atoms with Crippen molar-refractivity contribution in [3.05, 3.63) is 91.9 Å². The van der Waals surface area contributed by atoms with E-state index in [2.05, 4.69) is 31.8 Å². The molecular formula is C24H20BrCl2N3O3. The number of halogens is 3. The Hall–Kier alpha value is -2.87. The van der Waals surface area contributed by atoms with Crippen molar-refractivity contribution in [2.24, 2.45) is 5.10 Å². The second kappa shape index (κ2) is 11.8. The van der Waals surface area contributed by atoms with Gasteiger partial charge in [-0.15, -0.1) is 0 Å². The van der Waals surface area contributed by atoms with Crippen LogP contribution < -0.4 is 15.5 Å². The van der Waals surface area contributed by atoms with Crippen molar-refractivity contribution >= 4 is 62.8 Å². The molecule has 9 heteroatoms. The summed E-state index contributed by atoms with van der Waals surface area (Å²) in [6, 6.07) is 17.9. The molecule has 3 aromatic rings. The van der Waals surface area contributed by atoms with Gasteiger partial charge in [0, 0.05) is 21.3 Å². The van der Waals surface area contributed by atoms with Gasteiger partial charge in [-0.3, -0.25) is 9.59 Å². The molecule has 6 nitrogen and oxygen atoms in total. The van der Waals surface area contributed by atoms with E-state index in [0.717, 1.165) is 16.7 Å². The van der Waals surface area contributed by atoms with Crippen molar-refractivity contribution in [2.45, 2.75) is 20.0 Å². The van der Waals surface area contributed by atoms with Gasteiger partial charge < -0.3 is 10.1 Å². The summed E-state index contributed by atoms with van der Waals surface area (Å²) in [6.07, 6.45) is 1.13. The minimum atomic E-state index is -0.519. The fourth-order valence-electron chi connectivity index (χ4n) is 2.71. The highest BCUT2D eigenvalue weighted by Crippen LogP contribution is 2.28. The maximum Gasteiger partial charge on any atom is 0.249 e. The topological polar surface area (TPSA) is 79.8 Å². The van der Waals surface area contributed by atoms with Crippen LogP contribution in [0.3, 0.4) is 0 Å². The molecule has 0 fully saturated rings. The molecule has 0 radical (unpaired) electrons. The van der Waals surface area contributed by atoms with E-state index in [1.807, 2.05) is 25.1 Å². The van der Waals surface area contributed by atoms with Crippen molar-refractivity contribution in [1.29, 1.82) is 0 Å². The number of carbonyl (C=O) groups is 2. The summed E-state index contributed by atoms with van der Waals surface area (Å²) in [5, 5.41) is 7.66. The summed E-state index contributed by atoms with van der Waals surface area (Å²) in [5.41, 5.74) is 5.60. The minimum absolute atomic E-state index is 0.281. The van der Waals surface area contributed by atoms with Gasteiger partial charge in [0.15, 0.2) is 0 Å². The van der Waals surface area contributed by atoms with Crippen LogP contribution in [0.15, 0.2) is 70.2 Å². The van der Waals surface area contributed by atoms with Gasteiger partial charge in [0.25, 0.3) is 0 Å². The number of aryl methyl sites for hydroxylation is 1. The van der Waals surface area contributed by atoms with Crippen molar-refractivity contribution in [2.75, 3.05) is 5.32 Å². The first-order valence-corrected chi connectivity index (χ1v) is 11.4. The quantitative estimate of drug-likeness (QED) is 0.202. The van der Waals surface area contributed by atoms with Crippen LogP contribution in [0.2, 0.25) is 10.0 Å². The van der Waals surface area contributed by atoms with Gasteiger partial charge in [-0.2, -0.15) is 5.10 Å². The predicted molar refractivity (Wildman–Crippen MR) is 135 cm³/mol. The summed E-state index contributed by atoms with van der Waals surface area (Å²) in [4.78, 5) is 23.9. The van der Waals surface area contributed by atoms with Gasteiger partial charge in [-0.1, -0.05) is 47.0 Å². The molecule has 0 atom stereocenters. The molecule has 0 aliphatic heterocycles. The number of rotatable bonds is 8. The molecule has 0 spiro atoms. The number of ether oxygens (including phenoxy) is 1. The number of anilines is 1. The number of nitrogens with one attached hydrogen (secondary N) is 2. The average molecular weight is 549 g/mol. The lowest BCUT2D eigenvalue weighted by Gasteiger charge is -2.10. The Morgan fingerprint density at radius 2 is 1.79 bits per heavy atom. The van der Waals surface area contributed by atoms with Gasteiger partial charge in [-0.05, 0) is 70.9 Å². The van der Waals surface area contributed by atoms with Crippen LogP contribution in [-0.2, 0) is 16.2 Å². The number of amides is 2. The fraction of sp³-hybridized carbons (Fsp3) is 0.125. The summed E-state index contributed by atoms with van der Waals surface area (Å²) in [7, 11) is 0. The van der Waals surface area contributed by atoms with Crippen LogP contribution in [0.4, 0.5) is 5.69 Å². The zero-order valence-corrected chi connectivity index (χ0v) is 20.7. The van der Waals surface area contributed by atoms with E-state index in [0.29, 0.717) is 26.0 Å². The highest BCUT2D eigenvalue weighted by atomic mass is 79.9. The summed E-state index contributed by atoms with van der Waals surface area (Å²) >= 11 is 15.5. The van der Waals surface area contributed by atoms with Crippen LogP contribution in [0.1, 0.15) is 23.1 Å². The van der Waals surface area contributed by atoms with Gasteiger partial charge in [0.05, 0.1) is 10.7 Å². The summed E-state index contributed by atoms with van der Waals surface area (Å²) in [6.45, 7) is 2.23. The van der Waals surface area contributed by atoms with E-state index in [4.69, 9.17) is 27.9 Å². The third-order valence-electron chi connectivity index (χ3n) is 4.41. The van der Waals surface area contributed by atoms with Crippen LogP contribution in [-0.4, -0.2) is 18.0 Å². The highest BCUT2D eigenvalue weighted by molar-refractivity contribution is 9.10. The Kier molecular flexibility index (Phi) is 8.88. The monoisotopic (exact) mass is 547 g/mol. The first-order valence-electron chi connectivity index (χ1n) is 9.85. The normalized spacial score (nSPS) is 10.8. The molecule has 0 heterocycles. The molecule has 33 heavy (non-hydrogen) atoms. The Morgan fingerprint density at radius 3 is 2.48 bits per heavy atom. The Labute approximate surface area is 210 Å². The average Bonchev–Trinajstić information content (AvgIpc) is 2.76. The molecule has 0 saturated carbocycles. The molecule has 0 aliphatic rings. The molecule has 2 amide bonds. The van der Waals surface area contributed by atoms with Crippen LogP contribution in [0.5, 0.6) is 5.75 Å². The van der Waals surface area contributed by atoms with Crippen LogP contribution in [0, 0.1) is 6.92 Å². The number of carbonyl (C=O) groups excluding carboxylic acids is 2. The largest absolute Gasteiger partial charge is 0.488 e. The van der Waals surface area contributed by atoms with Crippen molar-refractivity contribution in [3.63, 3.8) is 0 Å². The molecule has 0 aromatic heterocycles. The molecule has 170 valence electrons. The maximum atomic E-state index is 12.0. The Balaban J connectivity index is 1.48. The number of hydrazone groups is 1. The fourth-order valence-corrected chi connectivity index (χ4v) is 3.69.